The zero-order valence-electron chi connectivity index (χ0n) is 14.2. The van der Waals surface area contributed by atoms with E-state index >= 15 is 0 Å². The fourth-order valence-electron chi connectivity index (χ4n) is 2.60. The van der Waals surface area contributed by atoms with Crippen LogP contribution < -0.4 is 5.32 Å². The van der Waals surface area contributed by atoms with Crippen LogP contribution in [0, 0.1) is 0 Å². The van der Waals surface area contributed by atoms with Crippen molar-refractivity contribution in [3.8, 4) is 11.5 Å². The maximum Gasteiger partial charge on any atom is 0.257 e. The summed E-state index contributed by atoms with van der Waals surface area (Å²) in [4.78, 5) is 6.99. The quantitative estimate of drug-likeness (QED) is 0.846. The second-order valence-electron chi connectivity index (χ2n) is 6.00. The van der Waals surface area contributed by atoms with Gasteiger partial charge in [0, 0.05) is 49.2 Å². The Labute approximate surface area is 154 Å². The lowest BCUT2D eigenvalue weighted by atomic mass is 10.1. The van der Waals surface area contributed by atoms with Gasteiger partial charge in [0.2, 0.25) is 0 Å². The van der Waals surface area contributed by atoms with Gasteiger partial charge in [0.05, 0.1) is 0 Å². The Morgan fingerprint density at radius 3 is 2.62 bits per heavy atom. The summed E-state index contributed by atoms with van der Waals surface area (Å²) in [6.45, 7) is 5.49. The molecule has 1 unspecified atom stereocenters. The van der Waals surface area contributed by atoms with Crippen molar-refractivity contribution >= 4 is 24.2 Å². The first-order valence-corrected chi connectivity index (χ1v) is 9.29. The van der Waals surface area contributed by atoms with Gasteiger partial charge in [-0.3, -0.25) is 4.90 Å². The zero-order valence-corrected chi connectivity index (χ0v) is 15.8. The monoisotopic (exact) mass is 368 g/mol. The largest absolute Gasteiger partial charge is 0.334 e. The highest BCUT2D eigenvalue weighted by atomic mass is 35.5. The molecule has 0 radical (unpaired) electrons. The number of thioether (sulfide) groups is 1. The summed E-state index contributed by atoms with van der Waals surface area (Å²) in [5.41, 5.74) is 2.32. The summed E-state index contributed by atoms with van der Waals surface area (Å²) in [5.74, 6) is 3.84. The van der Waals surface area contributed by atoms with Crippen LogP contribution in [0.25, 0.3) is 11.5 Å². The van der Waals surface area contributed by atoms with E-state index in [2.05, 4.69) is 51.5 Å². The standard InChI is InChI=1S/C17H24N4OS.ClH/c1-13(18-2)11-16-19-17(22-20-16)15-5-3-14(4-6-15)12-21-7-9-23-10-8-21;/h3-6,13,18H,7-12H2,1-2H3;1H. The zero-order chi connectivity index (χ0) is 16.1. The van der Waals surface area contributed by atoms with Gasteiger partial charge in [-0.15, -0.1) is 12.4 Å². The van der Waals surface area contributed by atoms with E-state index < -0.39 is 0 Å². The van der Waals surface area contributed by atoms with Gasteiger partial charge in [-0.25, -0.2) is 0 Å². The maximum atomic E-state index is 5.38. The van der Waals surface area contributed by atoms with Crippen molar-refractivity contribution in [3.05, 3.63) is 35.7 Å². The highest BCUT2D eigenvalue weighted by Crippen LogP contribution is 2.19. The molecule has 24 heavy (non-hydrogen) atoms. The van der Waals surface area contributed by atoms with Crippen LogP contribution in [0.4, 0.5) is 0 Å². The third-order valence-corrected chi connectivity index (χ3v) is 5.10. The van der Waals surface area contributed by atoms with Gasteiger partial charge in [-0.1, -0.05) is 17.3 Å². The van der Waals surface area contributed by atoms with Crippen molar-refractivity contribution < 1.29 is 4.52 Å². The molecule has 1 aliphatic heterocycles. The van der Waals surface area contributed by atoms with Crippen LogP contribution in [-0.2, 0) is 13.0 Å². The molecule has 1 N–H and O–H groups in total. The average Bonchev–Trinajstić information content (AvgIpc) is 3.05. The van der Waals surface area contributed by atoms with Crippen LogP contribution in [0.5, 0.6) is 0 Å². The minimum absolute atomic E-state index is 0. The Morgan fingerprint density at radius 1 is 1.25 bits per heavy atom. The number of nitrogens with one attached hydrogen (secondary N) is 1. The van der Waals surface area contributed by atoms with Crippen molar-refractivity contribution in [1.29, 1.82) is 0 Å². The van der Waals surface area contributed by atoms with Crippen LogP contribution in [0.15, 0.2) is 28.8 Å². The molecular formula is C17H25ClN4OS. The molecule has 132 valence electrons. The number of halogens is 1. The molecular weight excluding hydrogens is 344 g/mol. The van der Waals surface area contributed by atoms with Crippen LogP contribution in [0.2, 0.25) is 0 Å². The maximum absolute atomic E-state index is 5.38. The molecule has 0 aliphatic carbocycles. The number of benzene rings is 1. The SMILES string of the molecule is CNC(C)Cc1noc(-c2ccc(CN3CCSCC3)cc2)n1.Cl. The van der Waals surface area contributed by atoms with Gasteiger partial charge in [0.1, 0.15) is 0 Å². The number of rotatable bonds is 6. The predicted molar refractivity (Wildman–Crippen MR) is 102 cm³/mol. The molecule has 1 aromatic carbocycles. The molecule has 2 aromatic rings. The van der Waals surface area contributed by atoms with Crippen molar-refractivity contribution in [2.45, 2.75) is 25.9 Å². The van der Waals surface area contributed by atoms with E-state index in [9.17, 15) is 0 Å². The van der Waals surface area contributed by atoms with Gasteiger partial charge in [0.15, 0.2) is 5.82 Å². The van der Waals surface area contributed by atoms with Crippen molar-refractivity contribution in [2.24, 2.45) is 0 Å². The van der Waals surface area contributed by atoms with Crippen LogP contribution in [0.3, 0.4) is 0 Å². The molecule has 1 fully saturated rings. The molecule has 0 amide bonds. The highest BCUT2D eigenvalue weighted by molar-refractivity contribution is 7.99. The summed E-state index contributed by atoms with van der Waals surface area (Å²) in [6.07, 6.45) is 0.769. The predicted octanol–water partition coefficient (Wildman–Crippen LogP) is 2.86. The van der Waals surface area contributed by atoms with E-state index in [1.165, 1.54) is 30.2 Å². The van der Waals surface area contributed by atoms with E-state index in [1.54, 1.807) is 0 Å². The first-order valence-electron chi connectivity index (χ1n) is 8.14. The fraction of sp³-hybridized carbons (Fsp3) is 0.529. The van der Waals surface area contributed by atoms with Gasteiger partial charge < -0.3 is 9.84 Å². The normalized spacial score (nSPS) is 16.6. The number of nitrogens with zero attached hydrogens (tertiary/aromatic N) is 3. The summed E-state index contributed by atoms with van der Waals surface area (Å²) in [7, 11) is 1.94. The molecule has 0 spiro atoms. The van der Waals surface area contributed by atoms with Crippen LogP contribution in [0.1, 0.15) is 18.3 Å². The number of hydrogen-bond donors (Lipinski definition) is 1. The van der Waals surface area contributed by atoms with Gasteiger partial charge in [0.25, 0.3) is 5.89 Å². The molecule has 3 rings (SSSR count). The number of likely N-dealkylation sites (N-methyl/N-ethyl adjacent to an activating group) is 1. The summed E-state index contributed by atoms with van der Waals surface area (Å²) >= 11 is 2.04. The Morgan fingerprint density at radius 2 is 1.96 bits per heavy atom. The third-order valence-electron chi connectivity index (χ3n) is 4.16. The van der Waals surface area contributed by atoms with Gasteiger partial charge in [-0.2, -0.15) is 16.7 Å². The number of hydrogen-bond acceptors (Lipinski definition) is 6. The first kappa shape index (κ1) is 19.2. The van der Waals surface area contributed by atoms with Crippen LogP contribution >= 0.6 is 24.2 Å². The molecule has 1 saturated heterocycles. The highest BCUT2D eigenvalue weighted by Gasteiger charge is 2.13. The Balaban J connectivity index is 0.00000208. The second kappa shape index (κ2) is 9.42. The molecule has 1 aromatic heterocycles. The molecule has 7 heteroatoms. The third kappa shape index (κ3) is 5.21. The summed E-state index contributed by atoms with van der Waals surface area (Å²) < 4.78 is 5.38. The molecule has 1 atom stereocenters. The molecule has 0 bridgehead atoms. The van der Waals surface area contributed by atoms with Gasteiger partial charge >= 0.3 is 0 Å². The van der Waals surface area contributed by atoms with E-state index in [1.807, 2.05) is 18.8 Å². The van der Waals surface area contributed by atoms with E-state index in [4.69, 9.17) is 4.52 Å². The smallest absolute Gasteiger partial charge is 0.257 e. The molecule has 5 nitrogen and oxygen atoms in total. The first-order chi connectivity index (χ1) is 11.2. The second-order valence-corrected chi connectivity index (χ2v) is 7.22. The minimum atomic E-state index is 0. The van der Waals surface area contributed by atoms with E-state index in [-0.39, 0.29) is 12.4 Å². The lowest BCUT2D eigenvalue weighted by molar-refractivity contribution is 0.294. The van der Waals surface area contributed by atoms with Crippen molar-refractivity contribution in [1.82, 2.24) is 20.4 Å². The Bertz CT molecular complexity index is 613. The minimum Gasteiger partial charge on any atom is -0.334 e. The molecule has 1 aliphatic rings. The van der Waals surface area contributed by atoms with Crippen molar-refractivity contribution in [3.63, 3.8) is 0 Å². The van der Waals surface area contributed by atoms with E-state index in [0.717, 1.165) is 24.4 Å². The Kier molecular flexibility index (Phi) is 7.55. The summed E-state index contributed by atoms with van der Waals surface area (Å²) in [6, 6.07) is 8.82. The fourth-order valence-corrected chi connectivity index (χ4v) is 3.58. The number of aromatic nitrogens is 2. The van der Waals surface area contributed by atoms with E-state index in [0.29, 0.717) is 11.9 Å². The lowest BCUT2D eigenvalue weighted by Crippen LogP contribution is -2.31. The molecule has 0 saturated carbocycles. The molecule has 2 heterocycles. The Hall–Kier alpha value is -1.08. The van der Waals surface area contributed by atoms with Gasteiger partial charge in [-0.05, 0) is 31.7 Å². The summed E-state index contributed by atoms with van der Waals surface area (Å²) in [5, 5.41) is 7.24. The van der Waals surface area contributed by atoms with Crippen LogP contribution in [-0.4, -0.2) is 52.7 Å². The topological polar surface area (TPSA) is 54.2 Å². The average molecular weight is 369 g/mol. The van der Waals surface area contributed by atoms with Crippen molar-refractivity contribution in [2.75, 3.05) is 31.6 Å². The lowest BCUT2D eigenvalue weighted by Gasteiger charge is -2.26.